The summed E-state index contributed by atoms with van der Waals surface area (Å²) in [4.78, 5) is 0. The topological polar surface area (TPSA) is 32.3 Å². The van der Waals surface area contributed by atoms with Gasteiger partial charge in [-0.2, -0.15) is 0 Å². The molecule has 3 heteroatoms. The quantitative estimate of drug-likeness (QED) is 0.444. The lowest BCUT2D eigenvalue weighted by Crippen LogP contribution is -2.14. The van der Waals surface area contributed by atoms with E-state index in [0.717, 1.165) is 19.4 Å². The molecule has 0 aromatic rings. The van der Waals surface area contributed by atoms with Crippen LogP contribution in [0.5, 0.6) is 0 Å². The lowest BCUT2D eigenvalue weighted by Gasteiger charge is -2.02. The Kier molecular flexibility index (Phi) is 2.76. The number of hydrogen-bond donors (Lipinski definition) is 2. The van der Waals surface area contributed by atoms with E-state index in [2.05, 4.69) is 5.32 Å². The first-order valence-electron chi connectivity index (χ1n) is 3.31. The van der Waals surface area contributed by atoms with Gasteiger partial charge >= 0.3 is 0 Å². The van der Waals surface area contributed by atoms with Crippen molar-refractivity contribution in [2.24, 2.45) is 5.92 Å². The van der Waals surface area contributed by atoms with Gasteiger partial charge in [-0.05, 0) is 25.3 Å². The van der Waals surface area contributed by atoms with Crippen LogP contribution < -0.4 is 5.32 Å². The first-order valence-corrected chi connectivity index (χ1v) is 3.75. The van der Waals surface area contributed by atoms with E-state index in [9.17, 15) is 0 Å². The summed E-state index contributed by atoms with van der Waals surface area (Å²) in [5.41, 5.74) is 0.140. The number of hydrogen-bond acceptors (Lipinski definition) is 2. The van der Waals surface area contributed by atoms with Crippen LogP contribution in [0.1, 0.15) is 12.8 Å². The fraction of sp³-hybridized carbons (Fsp3) is 1.00. The van der Waals surface area contributed by atoms with Crippen LogP contribution in [0.25, 0.3) is 0 Å². The molecule has 0 bridgehead atoms. The van der Waals surface area contributed by atoms with Crippen molar-refractivity contribution < 1.29 is 5.11 Å². The van der Waals surface area contributed by atoms with E-state index in [4.69, 9.17) is 16.7 Å². The maximum Gasteiger partial charge on any atom is 0.0828 e. The highest BCUT2D eigenvalue weighted by Crippen LogP contribution is 2.18. The largest absolute Gasteiger partial charge is 0.396 e. The second-order valence-corrected chi connectivity index (χ2v) is 3.02. The third-order valence-corrected chi connectivity index (χ3v) is 2.04. The standard InChI is InChI=1S/C6H12ClNO/c7-6-3-5(1-2-9)4-8-6/h5-6,8-9H,1-4H2. The van der Waals surface area contributed by atoms with Gasteiger partial charge in [0.2, 0.25) is 0 Å². The van der Waals surface area contributed by atoms with Crippen molar-refractivity contribution >= 4 is 11.6 Å². The van der Waals surface area contributed by atoms with E-state index in [1.54, 1.807) is 0 Å². The SMILES string of the molecule is OCCC1CNC(Cl)C1. The van der Waals surface area contributed by atoms with E-state index in [1.165, 1.54) is 0 Å². The highest BCUT2D eigenvalue weighted by Gasteiger charge is 2.20. The Morgan fingerprint density at radius 2 is 2.44 bits per heavy atom. The van der Waals surface area contributed by atoms with Gasteiger partial charge in [0, 0.05) is 6.61 Å². The van der Waals surface area contributed by atoms with Gasteiger partial charge < -0.3 is 10.4 Å². The summed E-state index contributed by atoms with van der Waals surface area (Å²) in [7, 11) is 0. The molecule has 2 atom stereocenters. The lowest BCUT2D eigenvalue weighted by molar-refractivity contribution is 0.262. The van der Waals surface area contributed by atoms with Gasteiger partial charge in [0.15, 0.2) is 0 Å². The summed E-state index contributed by atoms with van der Waals surface area (Å²) in [6.45, 7) is 1.25. The van der Waals surface area contributed by atoms with Gasteiger partial charge in [-0.15, -0.1) is 11.6 Å². The van der Waals surface area contributed by atoms with Gasteiger partial charge in [-0.1, -0.05) is 0 Å². The van der Waals surface area contributed by atoms with E-state index >= 15 is 0 Å². The van der Waals surface area contributed by atoms with E-state index in [1.807, 2.05) is 0 Å². The molecule has 54 valence electrons. The summed E-state index contributed by atoms with van der Waals surface area (Å²) in [5, 5.41) is 11.7. The minimum atomic E-state index is 0.140. The van der Waals surface area contributed by atoms with Crippen LogP contribution in [-0.4, -0.2) is 23.8 Å². The van der Waals surface area contributed by atoms with E-state index in [0.29, 0.717) is 5.92 Å². The van der Waals surface area contributed by atoms with Crippen molar-refractivity contribution in [3.05, 3.63) is 0 Å². The van der Waals surface area contributed by atoms with Crippen LogP contribution in [0.4, 0.5) is 0 Å². The van der Waals surface area contributed by atoms with Crippen LogP contribution in [0.15, 0.2) is 0 Å². The zero-order valence-corrected chi connectivity index (χ0v) is 6.06. The number of aliphatic hydroxyl groups excluding tert-OH is 1. The molecule has 1 rings (SSSR count). The molecule has 1 fully saturated rings. The maximum absolute atomic E-state index is 8.54. The molecular formula is C6H12ClNO. The fourth-order valence-electron chi connectivity index (χ4n) is 1.16. The molecular weight excluding hydrogens is 138 g/mol. The van der Waals surface area contributed by atoms with Crippen molar-refractivity contribution in [1.29, 1.82) is 0 Å². The average Bonchev–Trinajstić information content (AvgIpc) is 2.17. The third-order valence-electron chi connectivity index (χ3n) is 1.71. The predicted octanol–water partition coefficient (Wildman–Crippen LogP) is 0.543. The molecule has 2 nitrogen and oxygen atoms in total. The van der Waals surface area contributed by atoms with E-state index < -0.39 is 0 Å². The smallest absolute Gasteiger partial charge is 0.0828 e. The van der Waals surface area contributed by atoms with Crippen LogP contribution >= 0.6 is 11.6 Å². The molecule has 0 amide bonds. The van der Waals surface area contributed by atoms with E-state index in [-0.39, 0.29) is 12.1 Å². The summed E-state index contributed by atoms with van der Waals surface area (Å²) in [6, 6.07) is 0. The molecule has 2 unspecified atom stereocenters. The third kappa shape index (κ3) is 2.12. The highest BCUT2D eigenvalue weighted by molar-refractivity contribution is 6.20. The number of rotatable bonds is 2. The van der Waals surface area contributed by atoms with Crippen LogP contribution in [0.2, 0.25) is 0 Å². The molecule has 1 aliphatic heterocycles. The zero-order chi connectivity index (χ0) is 6.69. The summed E-state index contributed by atoms with van der Waals surface area (Å²) >= 11 is 5.75. The van der Waals surface area contributed by atoms with Crippen LogP contribution in [-0.2, 0) is 0 Å². The van der Waals surface area contributed by atoms with Crippen molar-refractivity contribution in [3.8, 4) is 0 Å². The molecule has 9 heavy (non-hydrogen) atoms. The minimum Gasteiger partial charge on any atom is -0.396 e. The Balaban J connectivity index is 2.14. The Bertz CT molecular complexity index is 87.1. The molecule has 1 saturated heterocycles. The van der Waals surface area contributed by atoms with Crippen molar-refractivity contribution in [2.45, 2.75) is 18.3 Å². The Hall–Kier alpha value is 0.210. The maximum atomic E-state index is 8.54. The predicted molar refractivity (Wildman–Crippen MR) is 37.5 cm³/mol. The molecule has 0 aromatic heterocycles. The normalized spacial score (nSPS) is 35.3. The Labute approximate surface area is 60.2 Å². The molecule has 2 N–H and O–H groups in total. The van der Waals surface area contributed by atoms with Gasteiger partial charge in [0.05, 0.1) is 5.50 Å². The van der Waals surface area contributed by atoms with Gasteiger partial charge in [0.25, 0.3) is 0 Å². The molecule has 0 spiro atoms. The Morgan fingerprint density at radius 3 is 2.89 bits per heavy atom. The molecule has 0 aliphatic carbocycles. The first-order chi connectivity index (χ1) is 4.33. The average molecular weight is 150 g/mol. The van der Waals surface area contributed by atoms with Crippen LogP contribution in [0, 0.1) is 5.92 Å². The molecule has 1 aliphatic rings. The Morgan fingerprint density at radius 1 is 1.67 bits per heavy atom. The zero-order valence-electron chi connectivity index (χ0n) is 5.31. The lowest BCUT2D eigenvalue weighted by atomic mass is 10.1. The molecule has 0 radical (unpaired) electrons. The monoisotopic (exact) mass is 149 g/mol. The van der Waals surface area contributed by atoms with Gasteiger partial charge in [0.1, 0.15) is 0 Å². The van der Waals surface area contributed by atoms with Gasteiger partial charge in [-0.25, -0.2) is 0 Å². The number of alkyl halides is 1. The number of nitrogens with one attached hydrogen (secondary N) is 1. The fourth-order valence-corrected chi connectivity index (χ4v) is 1.50. The molecule has 0 saturated carbocycles. The van der Waals surface area contributed by atoms with Crippen molar-refractivity contribution in [3.63, 3.8) is 0 Å². The number of halogens is 1. The van der Waals surface area contributed by atoms with Crippen molar-refractivity contribution in [2.75, 3.05) is 13.2 Å². The summed E-state index contributed by atoms with van der Waals surface area (Å²) in [6.07, 6.45) is 1.89. The van der Waals surface area contributed by atoms with Crippen molar-refractivity contribution in [1.82, 2.24) is 5.32 Å². The summed E-state index contributed by atoms with van der Waals surface area (Å²) < 4.78 is 0. The molecule has 0 aromatic carbocycles. The highest BCUT2D eigenvalue weighted by atomic mass is 35.5. The minimum absolute atomic E-state index is 0.140. The second kappa shape index (κ2) is 3.40. The summed E-state index contributed by atoms with van der Waals surface area (Å²) in [5.74, 6) is 0.595. The first kappa shape index (κ1) is 7.32. The number of aliphatic hydroxyl groups is 1. The van der Waals surface area contributed by atoms with Gasteiger partial charge in [-0.3, -0.25) is 0 Å². The second-order valence-electron chi connectivity index (χ2n) is 2.49. The molecule has 1 heterocycles. The van der Waals surface area contributed by atoms with Crippen LogP contribution in [0.3, 0.4) is 0 Å².